The van der Waals surface area contributed by atoms with Crippen molar-refractivity contribution in [3.8, 4) is 0 Å². The monoisotopic (exact) mass is 365 g/mol. The summed E-state index contributed by atoms with van der Waals surface area (Å²) < 4.78 is 23.2. The lowest BCUT2D eigenvalue weighted by atomic mass is 10.1. The second kappa shape index (κ2) is 7.21. The number of carbonyl (C=O) groups is 2. The molecule has 1 aliphatic rings. The number of anilines is 1. The minimum absolute atomic E-state index is 0.0269. The van der Waals surface area contributed by atoms with Crippen LogP contribution in [0.3, 0.4) is 0 Å². The smallest absolute Gasteiger partial charge is 0.356 e. The van der Waals surface area contributed by atoms with E-state index in [1.54, 1.807) is 13.8 Å². The van der Waals surface area contributed by atoms with Crippen LogP contribution in [0.25, 0.3) is 0 Å². The molecule has 0 saturated carbocycles. The molecular weight excluding hydrogens is 349 g/mol. The predicted molar refractivity (Wildman–Crippen MR) is 88.1 cm³/mol. The maximum Gasteiger partial charge on any atom is 0.356 e. The Morgan fingerprint density at radius 1 is 1.12 bits per heavy atom. The van der Waals surface area contributed by atoms with Gasteiger partial charge < -0.3 is 14.8 Å². The van der Waals surface area contributed by atoms with E-state index in [1.807, 2.05) is 0 Å². The molecule has 1 aromatic carbocycles. The van der Waals surface area contributed by atoms with Gasteiger partial charge in [-0.05, 0) is 26.0 Å². The first-order valence-corrected chi connectivity index (χ1v) is 7.32. The zero-order valence-corrected chi connectivity index (χ0v) is 14.5. The van der Waals surface area contributed by atoms with E-state index in [9.17, 15) is 24.1 Å². The molecule has 0 bridgehead atoms. The number of nitro groups is 1. The van der Waals surface area contributed by atoms with Gasteiger partial charge in [0.1, 0.15) is 0 Å². The van der Waals surface area contributed by atoms with Gasteiger partial charge >= 0.3 is 17.6 Å². The third-order valence-corrected chi connectivity index (χ3v) is 3.67. The van der Waals surface area contributed by atoms with E-state index in [-0.39, 0.29) is 17.1 Å². The number of nitrogens with zero attached hydrogens (tertiary/aromatic N) is 2. The number of carbonyl (C=O) groups excluding carboxylic acids is 2. The van der Waals surface area contributed by atoms with Crippen LogP contribution >= 0.6 is 0 Å². The van der Waals surface area contributed by atoms with Gasteiger partial charge in [-0.25, -0.2) is 9.59 Å². The molecule has 0 saturated heterocycles. The summed E-state index contributed by atoms with van der Waals surface area (Å²) in [6, 6.07) is 3.01. The molecule has 1 heterocycles. The molecule has 0 radical (unpaired) electrons. The molecule has 0 unspecified atom stereocenters. The summed E-state index contributed by atoms with van der Waals surface area (Å²) in [4.78, 5) is 35.8. The van der Waals surface area contributed by atoms with E-state index in [0.29, 0.717) is 11.4 Å². The maximum atomic E-state index is 13.7. The van der Waals surface area contributed by atoms with Crippen LogP contribution in [0.5, 0.6) is 0 Å². The van der Waals surface area contributed by atoms with E-state index in [4.69, 9.17) is 9.47 Å². The zero-order valence-electron chi connectivity index (χ0n) is 14.5. The van der Waals surface area contributed by atoms with Crippen molar-refractivity contribution < 1.29 is 28.4 Å². The van der Waals surface area contributed by atoms with E-state index in [0.717, 1.165) is 31.3 Å². The van der Waals surface area contributed by atoms with Crippen LogP contribution in [0.4, 0.5) is 15.8 Å². The Morgan fingerprint density at radius 3 is 2.04 bits per heavy atom. The van der Waals surface area contributed by atoms with E-state index in [2.05, 4.69) is 5.32 Å². The topological polar surface area (TPSA) is 111 Å². The summed E-state index contributed by atoms with van der Waals surface area (Å²) in [6.45, 7) is 3.13. The fourth-order valence-corrected chi connectivity index (χ4v) is 2.57. The van der Waals surface area contributed by atoms with Crippen molar-refractivity contribution in [2.45, 2.75) is 13.8 Å². The first-order chi connectivity index (χ1) is 12.2. The standard InChI is InChI=1S/C16H16FN3O6/c1-8-13(15(21)25-3)19(14(9(2)18-8)16(22)26-4)10-5-6-11(17)12(7-10)20(23)24/h5-7,18H,1-4H3. The molecule has 9 nitrogen and oxygen atoms in total. The predicted octanol–water partition coefficient (Wildman–Crippen LogP) is 1.95. The highest BCUT2D eigenvalue weighted by atomic mass is 19.1. The highest BCUT2D eigenvalue weighted by molar-refractivity contribution is 6.03. The van der Waals surface area contributed by atoms with E-state index in [1.165, 1.54) is 6.07 Å². The minimum atomic E-state index is -1.05. The summed E-state index contributed by atoms with van der Waals surface area (Å²) in [6.07, 6.45) is 0. The van der Waals surface area contributed by atoms with Crippen LogP contribution in [-0.2, 0) is 19.1 Å². The first kappa shape index (κ1) is 18.9. The van der Waals surface area contributed by atoms with Gasteiger partial charge in [0.15, 0.2) is 11.4 Å². The molecule has 0 atom stereocenters. The van der Waals surface area contributed by atoms with Crippen LogP contribution in [0.1, 0.15) is 13.8 Å². The summed E-state index contributed by atoms with van der Waals surface area (Å²) in [5.74, 6) is -2.64. The Labute approximate surface area is 147 Å². The number of rotatable bonds is 4. The number of hydrogen-bond donors (Lipinski definition) is 1. The SMILES string of the molecule is COC(=O)C1=C(C)NC(C)=C(C(=O)OC)N1c1ccc(F)c([N+](=O)[O-])c1. The fraction of sp³-hybridized carbons (Fsp3) is 0.250. The minimum Gasteiger partial charge on any atom is -0.464 e. The third-order valence-electron chi connectivity index (χ3n) is 3.67. The van der Waals surface area contributed by atoms with Gasteiger partial charge in [0.25, 0.3) is 0 Å². The Balaban J connectivity index is 2.76. The molecule has 10 heteroatoms. The van der Waals surface area contributed by atoms with Gasteiger partial charge in [0.2, 0.25) is 5.82 Å². The average Bonchev–Trinajstić information content (AvgIpc) is 2.60. The van der Waals surface area contributed by atoms with Crippen molar-refractivity contribution in [1.29, 1.82) is 0 Å². The van der Waals surface area contributed by atoms with Gasteiger partial charge in [0.05, 0.1) is 24.8 Å². The quantitative estimate of drug-likeness (QED) is 0.490. The number of ether oxygens (including phenoxy) is 2. The Bertz CT molecular complexity index is 824. The van der Waals surface area contributed by atoms with Gasteiger partial charge in [-0.2, -0.15) is 4.39 Å². The third kappa shape index (κ3) is 3.21. The lowest BCUT2D eigenvalue weighted by Crippen LogP contribution is -2.40. The van der Waals surface area contributed by atoms with E-state index < -0.39 is 28.4 Å². The van der Waals surface area contributed by atoms with Gasteiger partial charge in [-0.15, -0.1) is 0 Å². The number of nitrogens with one attached hydrogen (secondary N) is 1. The maximum absolute atomic E-state index is 13.7. The second-order valence-corrected chi connectivity index (χ2v) is 5.28. The number of hydrogen-bond acceptors (Lipinski definition) is 8. The number of benzene rings is 1. The van der Waals surface area contributed by atoms with Crippen molar-refractivity contribution in [3.05, 3.63) is 56.9 Å². The Kier molecular flexibility index (Phi) is 5.24. The number of allylic oxidation sites excluding steroid dienone is 2. The summed E-state index contributed by atoms with van der Waals surface area (Å²) in [5, 5.41) is 13.9. The molecule has 138 valence electrons. The van der Waals surface area contributed by atoms with Crippen LogP contribution < -0.4 is 10.2 Å². The number of halogens is 1. The molecule has 0 aromatic heterocycles. The number of esters is 2. The zero-order chi connectivity index (χ0) is 19.6. The molecule has 2 rings (SSSR count). The lowest BCUT2D eigenvalue weighted by molar-refractivity contribution is -0.387. The molecular formula is C16H16FN3O6. The van der Waals surface area contributed by atoms with Gasteiger partial charge in [0, 0.05) is 17.5 Å². The van der Waals surface area contributed by atoms with Gasteiger partial charge in [-0.3, -0.25) is 15.0 Å². The van der Waals surface area contributed by atoms with Crippen LogP contribution in [0.2, 0.25) is 0 Å². The first-order valence-electron chi connectivity index (χ1n) is 7.32. The Morgan fingerprint density at radius 2 is 1.62 bits per heavy atom. The molecule has 0 aliphatic carbocycles. The summed E-state index contributed by atoms with van der Waals surface area (Å²) >= 11 is 0. The van der Waals surface area contributed by atoms with Gasteiger partial charge in [-0.1, -0.05) is 0 Å². The summed E-state index contributed by atoms with van der Waals surface area (Å²) in [7, 11) is 2.30. The molecule has 1 N–H and O–H groups in total. The van der Waals surface area contributed by atoms with Crippen LogP contribution in [0.15, 0.2) is 41.0 Å². The van der Waals surface area contributed by atoms with Crippen molar-refractivity contribution >= 4 is 23.3 Å². The molecule has 0 spiro atoms. The molecule has 26 heavy (non-hydrogen) atoms. The van der Waals surface area contributed by atoms with Crippen LogP contribution in [-0.4, -0.2) is 31.1 Å². The molecule has 1 aliphatic heterocycles. The molecule has 0 amide bonds. The largest absolute Gasteiger partial charge is 0.464 e. The molecule has 1 aromatic rings. The number of nitro benzene ring substituents is 1. The highest BCUT2D eigenvalue weighted by Gasteiger charge is 2.36. The van der Waals surface area contributed by atoms with Crippen molar-refractivity contribution in [2.75, 3.05) is 19.1 Å². The van der Waals surface area contributed by atoms with Crippen molar-refractivity contribution in [3.63, 3.8) is 0 Å². The van der Waals surface area contributed by atoms with Crippen LogP contribution in [0, 0.1) is 15.9 Å². The van der Waals surface area contributed by atoms with Crippen molar-refractivity contribution in [1.82, 2.24) is 5.32 Å². The average molecular weight is 365 g/mol. The normalized spacial score (nSPS) is 14.1. The lowest BCUT2D eigenvalue weighted by Gasteiger charge is -2.33. The van der Waals surface area contributed by atoms with Crippen molar-refractivity contribution in [2.24, 2.45) is 0 Å². The number of methoxy groups -OCH3 is 2. The highest BCUT2D eigenvalue weighted by Crippen LogP contribution is 2.34. The second-order valence-electron chi connectivity index (χ2n) is 5.28. The fourth-order valence-electron chi connectivity index (χ4n) is 2.57. The Hall–Kier alpha value is -3.43. The van der Waals surface area contributed by atoms with E-state index >= 15 is 0 Å². The molecule has 0 fully saturated rings. The summed E-state index contributed by atoms with van der Waals surface area (Å²) in [5.41, 5.74) is -0.259.